The minimum atomic E-state index is 0.358. The van der Waals surface area contributed by atoms with E-state index in [0.717, 1.165) is 12.3 Å². The van der Waals surface area contributed by atoms with Crippen molar-refractivity contribution < 1.29 is 5.11 Å². The van der Waals surface area contributed by atoms with Gasteiger partial charge in [0.25, 0.3) is 0 Å². The maximum absolute atomic E-state index is 8.58. The number of rotatable bonds is 3. The van der Waals surface area contributed by atoms with E-state index in [2.05, 4.69) is 5.32 Å². The molecule has 1 heterocycles. The molecule has 2 N–H and O–H groups in total. The Labute approximate surface area is 119 Å². The SMILES string of the molecule is Clc1ccccc1Cl.OCCCC1CCCNC1. The lowest BCUT2D eigenvalue weighted by atomic mass is 9.95. The molecule has 0 aliphatic carbocycles. The van der Waals surface area contributed by atoms with E-state index < -0.39 is 0 Å². The first kappa shape index (κ1) is 15.8. The summed E-state index contributed by atoms with van der Waals surface area (Å²) in [6.07, 6.45) is 4.85. The van der Waals surface area contributed by atoms with Crippen LogP contribution in [-0.4, -0.2) is 24.8 Å². The Kier molecular flexibility index (Phi) is 8.44. The number of benzene rings is 1. The maximum Gasteiger partial charge on any atom is 0.0592 e. The average Bonchev–Trinajstić information content (AvgIpc) is 2.42. The van der Waals surface area contributed by atoms with Crippen molar-refractivity contribution in [2.45, 2.75) is 25.7 Å². The van der Waals surface area contributed by atoms with Crippen LogP contribution in [0, 0.1) is 5.92 Å². The minimum Gasteiger partial charge on any atom is -0.396 e. The van der Waals surface area contributed by atoms with Crippen LogP contribution in [0.2, 0.25) is 10.0 Å². The predicted molar refractivity (Wildman–Crippen MR) is 78.4 cm³/mol. The fourth-order valence-corrected chi connectivity index (χ4v) is 2.26. The van der Waals surface area contributed by atoms with Gasteiger partial charge in [-0.25, -0.2) is 0 Å². The third kappa shape index (κ3) is 6.60. The highest BCUT2D eigenvalue weighted by Gasteiger charge is 2.11. The molecule has 1 fully saturated rings. The summed E-state index contributed by atoms with van der Waals surface area (Å²) in [6.45, 7) is 2.71. The number of aliphatic hydroxyl groups excluding tert-OH is 1. The second-order valence-electron chi connectivity index (χ2n) is 4.49. The van der Waals surface area contributed by atoms with Crippen LogP contribution in [0.5, 0.6) is 0 Å². The normalized spacial score (nSPS) is 18.9. The van der Waals surface area contributed by atoms with Crippen molar-refractivity contribution in [2.24, 2.45) is 5.92 Å². The van der Waals surface area contributed by atoms with Gasteiger partial charge in [-0.2, -0.15) is 0 Å². The van der Waals surface area contributed by atoms with E-state index in [0.29, 0.717) is 16.7 Å². The van der Waals surface area contributed by atoms with Crippen LogP contribution < -0.4 is 5.32 Å². The van der Waals surface area contributed by atoms with Gasteiger partial charge in [0.2, 0.25) is 0 Å². The lowest BCUT2D eigenvalue weighted by Crippen LogP contribution is -2.29. The van der Waals surface area contributed by atoms with E-state index in [-0.39, 0.29) is 0 Å². The Balaban J connectivity index is 0.000000184. The summed E-state index contributed by atoms with van der Waals surface area (Å²) in [5.74, 6) is 0.834. The Morgan fingerprint density at radius 2 is 1.89 bits per heavy atom. The molecule has 0 aromatic heterocycles. The van der Waals surface area contributed by atoms with Gasteiger partial charge in [0.1, 0.15) is 0 Å². The zero-order valence-electron chi connectivity index (χ0n) is 10.5. The van der Waals surface area contributed by atoms with Crippen molar-refractivity contribution in [3.05, 3.63) is 34.3 Å². The highest BCUT2D eigenvalue weighted by Crippen LogP contribution is 2.19. The lowest BCUT2D eigenvalue weighted by Gasteiger charge is -2.21. The van der Waals surface area contributed by atoms with E-state index in [1.165, 1.54) is 32.4 Å². The molecule has 1 atom stereocenters. The molecule has 1 aliphatic rings. The van der Waals surface area contributed by atoms with Crippen molar-refractivity contribution >= 4 is 23.2 Å². The van der Waals surface area contributed by atoms with E-state index >= 15 is 0 Å². The van der Waals surface area contributed by atoms with E-state index in [4.69, 9.17) is 28.3 Å². The van der Waals surface area contributed by atoms with Crippen LogP contribution in [0.3, 0.4) is 0 Å². The molecule has 0 saturated carbocycles. The van der Waals surface area contributed by atoms with Crippen LogP contribution in [0.25, 0.3) is 0 Å². The third-order valence-electron chi connectivity index (χ3n) is 2.99. The maximum atomic E-state index is 8.58. The van der Waals surface area contributed by atoms with E-state index in [1.54, 1.807) is 12.1 Å². The Morgan fingerprint density at radius 3 is 2.33 bits per heavy atom. The number of piperidine rings is 1. The van der Waals surface area contributed by atoms with Gasteiger partial charge < -0.3 is 10.4 Å². The number of aliphatic hydroxyl groups is 1. The molecular formula is C14H21Cl2NO. The van der Waals surface area contributed by atoms with Gasteiger partial charge in [-0.05, 0) is 56.8 Å². The molecule has 0 bridgehead atoms. The summed E-state index contributed by atoms with van der Waals surface area (Å²) in [4.78, 5) is 0. The second-order valence-corrected chi connectivity index (χ2v) is 5.31. The molecule has 2 rings (SSSR count). The van der Waals surface area contributed by atoms with Crippen molar-refractivity contribution in [3.63, 3.8) is 0 Å². The fourth-order valence-electron chi connectivity index (χ4n) is 1.99. The van der Waals surface area contributed by atoms with Crippen molar-refractivity contribution in [2.75, 3.05) is 19.7 Å². The standard InChI is InChI=1S/C8H17NO.C6H4Cl2/c10-6-2-4-8-3-1-5-9-7-8;7-5-3-1-2-4-6(5)8/h8-10H,1-7H2;1-4H. The molecule has 102 valence electrons. The van der Waals surface area contributed by atoms with Gasteiger partial charge >= 0.3 is 0 Å². The summed E-state index contributed by atoms with van der Waals surface area (Å²) < 4.78 is 0. The van der Waals surface area contributed by atoms with Crippen molar-refractivity contribution in [1.82, 2.24) is 5.32 Å². The number of nitrogens with one attached hydrogen (secondary N) is 1. The molecule has 1 unspecified atom stereocenters. The van der Waals surface area contributed by atoms with E-state index in [9.17, 15) is 0 Å². The van der Waals surface area contributed by atoms with Crippen LogP contribution in [-0.2, 0) is 0 Å². The summed E-state index contributed by atoms with van der Waals surface area (Å²) in [6, 6.07) is 7.19. The van der Waals surface area contributed by atoms with Crippen LogP contribution >= 0.6 is 23.2 Å². The molecule has 1 aliphatic heterocycles. The lowest BCUT2D eigenvalue weighted by molar-refractivity contribution is 0.258. The number of hydrogen-bond donors (Lipinski definition) is 2. The monoisotopic (exact) mass is 289 g/mol. The van der Waals surface area contributed by atoms with Crippen LogP contribution in [0.1, 0.15) is 25.7 Å². The average molecular weight is 290 g/mol. The largest absolute Gasteiger partial charge is 0.396 e. The van der Waals surface area contributed by atoms with Gasteiger partial charge in [0.05, 0.1) is 10.0 Å². The third-order valence-corrected chi connectivity index (χ3v) is 3.75. The molecule has 0 amide bonds. The van der Waals surface area contributed by atoms with Crippen LogP contribution in [0.15, 0.2) is 24.3 Å². The van der Waals surface area contributed by atoms with Gasteiger partial charge in [0.15, 0.2) is 0 Å². The second kappa shape index (κ2) is 9.62. The first-order chi connectivity index (χ1) is 8.74. The Bertz CT molecular complexity index is 306. The van der Waals surface area contributed by atoms with Gasteiger partial charge in [-0.1, -0.05) is 35.3 Å². The Morgan fingerprint density at radius 1 is 1.22 bits per heavy atom. The molecule has 4 heteroatoms. The zero-order chi connectivity index (χ0) is 13.2. The van der Waals surface area contributed by atoms with Crippen LogP contribution in [0.4, 0.5) is 0 Å². The smallest absolute Gasteiger partial charge is 0.0592 e. The highest BCUT2D eigenvalue weighted by atomic mass is 35.5. The highest BCUT2D eigenvalue weighted by molar-refractivity contribution is 6.41. The van der Waals surface area contributed by atoms with Gasteiger partial charge in [-0.3, -0.25) is 0 Å². The molecule has 18 heavy (non-hydrogen) atoms. The molecule has 0 radical (unpaired) electrons. The first-order valence-electron chi connectivity index (χ1n) is 6.45. The first-order valence-corrected chi connectivity index (χ1v) is 7.21. The molecular weight excluding hydrogens is 269 g/mol. The minimum absolute atomic E-state index is 0.358. The quantitative estimate of drug-likeness (QED) is 0.888. The molecule has 1 saturated heterocycles. The zero-order valence-corrected chi connectivity index (χ0v) is 12.1. The van der Waals surface area contributed by atoms with Gasteiger partial charge in [0, 0.05) is 6.61 Å². The topological polar surface area (TPSA) is 32.3 Å². The Hall–Kier alpha value is -0.280. The van der Waals surface area contributed by atoms with Gasteiger partial charge in [-0.15, -0.1) is 0 Å². The summed E-state index contributed by atoms with van der Waals surface area (Å²) in [5.41, 5.74) is 0. The summed E-state index contributed by atoms with van der Waals surface area (Å²) >= 11 is 11.2. The molecule has 1 aromatic carbocycles. The molecule has 0 spiro atoms. The van der Waals surface area contributed by atoms with Crippen molar-refractivity contribution in [3.8, 4) is 0 Å². The summed E-state index contributed by atoms with van der Waals surface area (Å²) in [5, 5.41) is 13.2. The molecule has 2 nitrogen and oxygen atoms in total. The summed E-state index contributed by atoms with van der Waals surface area (Å²) in [7, 11) is 0. The number of hydrogen-bond acceptors (Lipinski definition) is 2. The fraction of sp³-hybridized carbons (Fsp3) is 0.571. The van der Waals surface area contributed by atoms with E-state index in [1.807, 2.05) is 12.1 Å². The predicted octanol–water partition coefficient (Wildman–Crippen LogP) is 3.75. The van der Waals surface area contributed by atoms with Crippen molar-refractivity contribution in [1.29, 1.82) is 0 Å². The number of halogens is 2. The molecule has 1 aromatic rings.